The first-order valence-electron chi connectivity index (χ1n) is 8.12. The standard InChI is InChI=1S/C20H26O2Si/c1-17(21)15-16-22-23(20(2,3)4,18-11-7-5-8-12-18)19-13-9-6-10-14-19/h5-14H,15-16H2,1-4H3. The molecule has 0 unspecified atom stereocenters. The molecule has 122 valence electrons. The number of carbonyl (C=O) groups is 1. The molecule has 0 radical (unpaired) electrons. The van der Waals surface area contributed by atoms with Gasteiger partial charge in [-0.2, -0.15) is 0 Å². The summed E-state index contributed by atoms with van der Waals surface area (Å²) in [6, 6.07) is 21.0. The van der Waals surface area contributed by atoms with Crippen molar-refractivity contribution in [2.75, 3.05) is 6.61 Å². The van der Waals surface area contributed by atoms with Gasteiger partial charge in [-0.1, -0.05) is 81.4 Å². The Hall–Kier alpha value is -1.71. The first kappa shape index (κ1) is 17.6. The molecule has 0 aliphatic rings. The van der Waals surface area contributed by atoms with Crippen LogP contribution in [0.25, 0.3) is 0 Å². The Balaban J connectivity index is 2.57. The normalized spacial score (nSPS) is 12.2. The van der Waals surface area contributed by atoms with E-state index in [0.717, 1.165) is 0 Å². The van der Waals surface area contributed by atoms with Crippen molar-refractivity contribution >= 4 is 24.5 Å². The van der Waals surface area contributed by atoms with Gasteiger partial charge in [0.05, 0.1) is 0 Å². The van der Waals surface area contributed by atoms with E-state index >= 15 is 0 Å². The summed E-state index contributed by atoms with van der Waals surface area (Å²) in [5, 5.41) is 2.47. The van der Waals surface area contributed by atoms with Crippen LogP contribution in [0, 0.1) is 0 Å². The fourth-order valence-electron chi connectivity index (χ4n) is 3.11. The van der Waals surface area contributed by atoms with Crippen LogP contribution in [0.4, 0.5) is 0 Å². The molecular weight excluding hydrogens is 300 g/mol. The van der Waals surface area contributed by atoms with Crippen molar-refractivity contribution in [1.82, 2.24) is 0 Å². The maximum absolute atomic E-state index is 11.4. The van der Waals surface area contributed by atoms with Crippen LogP contribution in [-0.4, -0.2) is 20.7 Å². The average molecular weight is 327 g/mol. The Morgan fingerprint density at radius 1 is 0.913 bits per heavy atom. The zero-order chi connectivity index (χ0) is 16.9. The number of benzene rings is 2. The van der Waals surface area contributed by atoms with Crippen LogP contribution in [0.3, 0.4) is 0 Å². The maximum atomic E-state index is 11.4. The van der Waals surface area contributed by atoms with Crippen LogP contribution < -0.4 is 10.4 Å². The van der Waals surface area contributed by atoms with Gasteiger partial charge in [0.1, 0.15) is 5.78 Å². The van der Waals surface area contributed by atoms with Gasteiger partial charge in [0.25, 0.3) is 8.32 Å². The van der Waals surface area contributed by atoms with Crippen molar-refractivity contribution < 1.29 is 9.22 Å². The monoisotopic (exact) mass is 326 g/mol. The molecule has 0 saturated carbocycles. The summed E-state index contributed by atoms with van der Waals surface area (Å²) in [6.07, 6.45) is 0.463. The van der Waals surface area contributed by atoms with E-state index in [-0.39, 0.29) is 10.8 Å². The molecule has 0 spiro atoms. The molecule has 0 aliphatic carbocycles. The number of hydrogen-bond acceptors (Lipinski definition) is 2. The minimum atomic E-state index is -2.47. The third kappa shape index (κ3) is 3.79. The predicted octanol–water partition coefficient (Wildman–Crippen LogP) is 3.54. The lowest BCUT2D eigenvalue weighted by Gasteiger charge is -2.43. The zero-order valence-electron chi connectivity index (χ0n) is 14.5. The molecule has 0 bridgehead atoms. The fourth-order valence-corrected chi connectivity index (χ4v) is 7.67. The number of carbonyl (C=O) groups excluding carboxylic acids is 1. The second-order valence-corrected chi connectivity index (χ2v) is 11.3. The van der Waals surface area contributed by atoms with Crippen LogP contribution in [-0.2, 0) is 9.22 Å². The predicted molar refractivity (Wildman–Crippen MR) is 98.9 cm³/mol. The highest BCUT2D eigenvalue weighted by atomic mass is 28.4. The van der Waals surface area contributed by atoms with Crippen LogP contribution in [0.1, 0.15) is 34.1 Å². The second kappa shape index (κ2) is 7.24. The van der Waals surface area contributed by atoms with E-state index in [1.807, 2.05) is 12.1 Å². The average Bonchev–Trinajstić information content (AvgIpc) is 2.52. The molecule has 2 aromatic carbocycles. The molecule has 0 N–H and O–H groups in total. The quantitative estimate of drug-likeness (QED) is 0.759. The Bertz CT molecular complexity index is 590. The van der Waals surface area contributed by atoms with Gasteiger partial charge in [-0.3, -0.25) is 4.79 Å². The molecular formula is C20H26O2Si. The lowest BCUT2D eigenvalue weighted by atomic mass is 10.2. The second-order valence-electron chi connectivity index (χ2n) is 6.96. The van der Waals surface area contributed by atoms with Gasteiger partial charge in [0.15, 0.2) is 0 Å². The number of ketones is 1. The van der Waals surface area contributed by atoms with Crippen molar-refractivity contribution in [3.8, 4) is 0 Å². The highest BCUT2D eigenvalue weighted by molar-refractivity contribution is 6.99. The van der Waals surface area contributed by atoms with E-state index in [0.29, 0.717) is 13.0 Å². The molecule has 0 fully saturated rings. The van der Waals surface area contributed by atoms with Gasteiger partial charge in [-0.25, -0.2) is 0 Å². The Morgan fingerprint density at radius 3 is 1.70 bits per heavy atom. The summed E-state index contributed by atoms with van der Waals surface area (Å²) in [6.45, 7) is 8.82. The van der Waals surface area contributed by atoms with Crippen LogP contribution in [0.15, 0.2) is 60.7 Å². The van der Waals surface area contributed by atoms with Crippen LogP contribution in [0.5, 0.6) is 0 Å². The highest BCUT2D eigenvalue weighted by Gasteiger charge is 2.49. The van der Waals surface area contributed by atoms with E-state index in [4.69, 9.17) is 4.43 Å². The SMILES string of the molecule is CC(=O)CCO[Si](c1ccccc1)(c1ccccc1)C(C)(C)C. The highest BCUT2D eigenvalue weighted by Crippen LogP contribution is 2.36. The Morgan fingerprint density at radius 2 is 1.35 bits per heavy atom. The van der Waals surface area contributed by atoms with Crippen molar-refractivity contribution in [2.24, 2.45) is 0 Å². The Labute approximate surface area is 140 Å². The smallest absolute Gasteiger partial charge is 0.261 e. The van der Waals surface area contributed by atoms with Crippen molar-refractivity contribution in [3.05, 3.63) is 60.7 Å². The summed E-state index contributed by atoms with van der Waals surface area (Å²) in [5.74, 6) is 0.169. The van der Waals surface area contributed by atoms with Gasteiger partial charge < -0.3 is 4.43 Å². The molecule has 23 heavy (non-hydrogen) atoms. The minimum absolute atomic E-state index is 0.0352. The minimum Gasteiger partial charge on any atom is -0.407 e. The molecule has 2 nitrogen and oxygen atoms in total. The molecule has 0 heterocycles. The van der Waals surface area contributed by atoms with Gasteiger partial charge in [0.2, 0.25) is 0 Å². The van der Waals surface area contributed by atoms with E-state index in [1.165, 1.54) is 10.4 Å². The third-order valence-corrected chi connectivity index (χ3v) is 9.23. The first-order chi connectivity index (χ1) is 10.9. The van der Waals surface area contributed by atoms with Gasteiger partial charge >= 0.3 is 0 Å². The lowest BCUT2D eigenvalue weighted by Crippen LogP contribution is -2.66. The molecule has 2 aromatic rings. The molecule has 0 saturated heterocycles. The van der Waals surface area contributed by atoms with E-state index in [1.54, 1.807) is 6.92 Å². The van der Waals surface area contributed by atoms with Gasteiger partial charge in [-0.05, 0) is 22.3 Å². The first-order valence-corrected chi connectivity index (χ1v) is 10.0. The van der Waals surface area contributed by atoms with E-state index in [9.17, 15) is 4.79 Å². The molecule has 2 rings (SSSR count). The van der Waals surface area contributed by atoms with E-state index in [2.05, 4.69) is 69.3 Å². The molecule has 0 atom stereocenters. The zero-order valence-corrected chi connectivity index (χ0v) is 15.5. The summed E-state index contributed by atoms with van der Waals surface area (Å²) in [4.78, 5) is 11.4. The molecule has 3 heteroatoms. The maximum Gasteiger partial charge on any atom is 0.261 e. The van der Waals surface area contributed by atoms with Crippen LogP contribution in [0.2, 0.25) is 5.04 Å². The summed E-state index contributed by atoms with van der Waals surface area (Å²) < 4.78 is 6.60. The molecule has 0 amide bonds. The summed E-state index contributed by atoms with van der Waals surface area (Å²) in [5.41, 5.74) is 0. The van der Waals surface area contributed by atoms with Gasteiger partial charge in [0, 0.05) is 13.0 Å². The topological polar surface area (TPSA) is 26.3 Å². The number of hydrogen-bond donors (Lipinski definition) is 0. The Kier molecular flexibility index (Phi) is 5.55. The van der Waals surface area contributed by atoms with Gasteiger partial charge in [-0.15, -0.1) is 0 Å². The number of Topliss-reactive ketones (excluding diaryl/α,β-unsaturated/α-hetero) is 1. The summed E-state index contributed by atoms with van der Waals surface area (Å²) >= 11 is 0. The van der Waals surface area contributed by atoms with Crippen molar-refractivity contribution in [3.63, 3.8) is 0 Å². The number of rotatable bonds is 6. The lowest BCUT2D eigenvalue weighted by molar-refractivity contribution is -0.117. The molecule has 0 aliphatic heterocycles. The summed E-state index contributed by atoms with van der Waals surface area (Å²) in [7, 11) is -2.47. The largest absolute Gasteiger partial charge is 0.407 e. The third-order valence-electron chi connectivity index (χ3n) is 4.19. The fraction of sp³-hybridized carbons (Fsp3) is 0.350. The van der Waals surface area contributed by atoms with Crippen LogP contribution >= 0.6 is 0 Å². The van der Waals surface area contributed by atoms with Crippen molar-refractivity contribution in [2.45, 2.75) is 39.2 Å². The van der Waals surface area contributed by atoms with E-state index < -0.39 is 8.32 Å². The molecule has 0 aromatic heterocycles. The van der Waals surface area contributed by atoms with Crippen molar-refractivity contribution in [1.29, 1.82) is 0 Å².